The average molecular weight is 227 g/mol. The summed E-state index contributed by atoms with van der Waals surface area (Å²) in [6.45, 7) is 2.91. The van der Waals surface area contributed by atoms with Crippen molar-refractivity contribution in [2.24, 2.45) is 0 Å². The van der Waals surface area contributed by atoms with Crippen LogP contribution in [0.2, 0.25) is 0 Å². The van der Waals surface area contributed by atoms with E-state index in [-0.39, 0.29) is 0 Å². The first-order chi connectivity index (χ1) is 8.29. The molecule has 0 saturated carbocycles. The number of nitrogens with zero attached hydrogens (tertiary/aromatic N) is 2. The maximum absolute atomic E-state index is 5.81. The first kappa shape index (κ1) is 9.96. The molecule has 0 atom stereocenters. The summed E-state index contributed by atoms with van der Waals surface area (Å²) >= 11 is 0. The minimum Gasteiger partial charge on any atom is -0.461 e. The standard InChI is InChI=1S/C13H13N3O/c1-2-16-11-8-9(14)5-6-10(11)15-13(16)12-4-3-7-17-12/h3-8H,2,14H2,1H3. The molecule has 0 aliphatic heterocycles. The Morgan fingerprint density at radius 2 is 2.24 bits per heavy atom. The van der Waals surface area contributed by atoms with Crippen LogP contribution in [0, 0.1) is 0 Å². The molecule has 4 nitrogen and oxygen atoms in total. The van der Waals surface area contributed by atoms with E-state index in [2.05, 4.69) is 16.5 Å². The molecular formula is C13H13N3O. The lowest BCUT2D eigenvalue weighted by molar-refractivity contribution is 0.571. The summed E-state index contributed by atoms with van der Waals surface area (Å²) < 4.78 is 7.51. The maximum Gasteiger partial charge on any atom is 0.177 e. The number of nitrogens with two attached hydrogens (primary N) is 1. The first-order valence-electron chi connectivity index (χ1n) is 5.59. The summed E-state index contributed by atoms with van der Waals surface area (Å²) in [5, 5.41) is 0. The summed E-state index contributed by atoms with van der Waals surface area (Å²) in [4.78, 5) is 4.58. The van der Waals surface area contributed by atoms with Crippen LogP contribution in [-0.4, -0.2) is 9.55 Å². The summed E-state index contributed by atoms with van der Waals surface area (Å²) in [6, 6.07) is 9.52. The second-order valence-electron chi connectivity index (χ2n) is 3.91. The fourth-order valence-electron chi connectivity index (χ4n) is 2.05. The van der Waals surface area contributed by atoms with Crippen molar-refractivity contribution in [3.8, 4) is 11.6 Å². The van der Waals surface area contributed by atoms with Crippen LogP contribution in [0.25, 0.3) is 22.6 Å². The van der Waals surface area contributed by atoms with Crippen molar-refractivity contribution in [1.29, 1.82) is 0 Å². The van der Waals surface area contributed by atoms with Crippen LogP contribution in [0.4, 0.5) is 5.69 Å². The molecule has 4 heteroatoms. The van der Waals surface area contributed by atoms with E-state index in [0.29, 0.717) is 0 Å². The molecule has 0 radical (unpaired) electrons. The normalized spacial score (nSPS) is 11.1. The Bertz CT molecular complexity index is 653. The number of benzene rings is 1. The van der Waals surface area contributed by atoms with Crippen LogP contribution in [0.5, 0.6) is 0 Å². The van der Waals surface area contributed by atoms with Crippen molar-refractivity contribution in [2.75, 3.05) is 5.73 Å². The Kier molecular flexibility index (Phi) is 2.14. The van der Waals surface area contributed by atoms with Gasteiger partial charge in [-0.15, -0.1) is 0 Å². The highest BCUT2D eigenvalue weighted by atomic mass is 16.3. The third-order valence-electron chi connectivity index (χ3n) is 2.83. The van der Waals surface area contributed by atoms with Gasteiger partial charge in [0.15, 0.2) is 11.6 Å². The number of hydrogen-bond acceptors (Lipinski definition) is 3. The van der Waals surface area contributed by atoms with Gasteiger partial charge in [0.1, 0.15) is 0 Å². The number of aryl methyl sites for hydroxylation is 1. The van der Waals surface area contributed by atoms with Gasteiger partial charge in [0.05, 0.1) is 17.3 Å². The fraction of sp³-hybridized carbons (Fsp3) is 0.154. The number of rotatable bonds is 2. The highest BCUT2D eigenvalue weighted by molar-refractivity contribution is 5.82. The second kappa shape index (κ2) is 3.66. The zero-order valence-corrected chi connectivity index (χ0v) is 9.55. The topological polar surface area (TPSA) is 57.0 Å². The molecule has 17 heavy (non-hydrogen) atoms. The molecule has 0 aliphatic carbocycles. The summed E-state index contributed by atoms with van der Waals surface area (Å²) in [6.07, 6.45) is 1.66. The van der Waals surface area contributed by atoms with Crippen LogP contribution in [-0.2, 0) is 6.54 Å². The van der Waals surface area contributed by atoms with Gasteiger partial charge in [-0.05, 0) is 37.3 Å². The van der Waals surface area contributed by atoms with Crippen molar-refractivity contribution in [3.63, 3.8) is 0 Å². The fourth-order valence-corrected chi connectivity index (χ4v) is 2.05. The molecule has 86 valence electrons. The van der Waals surface area contributed by atoms with E-state index < -0.39 is 0 Å². The first-order valence-corrected chi connectivity index (χ1v) is 5.59. The number of hydrogen-bond donors (Lipinski definition) is 1. The van der Waals surface area contributed by atoms with E-state index in [1.807, 2.05) is 30.3 Å². The lowest BCUT2D eigenvalue weighted by atomic mass is 10.3. The molecule has 3 aromatic rings. The molecule has 2 heterocycles. The summed E-state index contributed by atoms with van der Waals surface area (Å²) in [7, 11) is 0. The van der Waals surface area contributed by atoms with Gasteiger partial charge in [-0.2, -0.15) is 0 Å². The summed E-state index contributed by atoms with van der Waals surface area (Å²) in [5.74, 6) is 1.62. The largest absolute Gasteiger partial charge is 0.461 e. The number of imidazole rings is 1. The van der Waals surface area contributed by atoms with Crippen molar-refractivity contribution in [3.05, 3.63) is 36.6 Å². The molecule has 3 rings (SSSR count). The van der Waals surface area contributed by atoms with Gasteiger partial charge in [-0.1, -0.05) is 0 Å². The predicted octanol–water partition coefficient (Wildman–Crippen LogP) is 2.90. The van der Waals surface area contributed by atoms with Crippen LogP contribution in [0.1, 0.15) is 6.92 Å². The molecule has 2 N–H and O–H groups in total. The molecule has 0 unspecified atom stereocenters. The Morgan fingerprint density at radius 1 is 1.35 bits per heavy atom. The van der Waals surface area contributed by atoms with Gasteiger partial charge in [0.2, 0.25) is 0 Å². The quantitative estimate of drug-likeness (QED) is 0.685. The zero-order chi connectivity index (χ0) is 11.8. The zero-order valence-electron chi connectivity index (χ0n) is 9.55. The average Bonchev–Trinajstić information content (AvgIpc) is 2.94. The monoisotopic (exact) mass is 227 g/mol. The van der Waals surface area contributed by atoms with Gasteiger partial charge in [-0.3, -0.25) is 0 Å². The molecule has 1 aromatic carbocycles. The molecule has 0 saturated heterocycles. The molecule has 2 aromatic heterocycles. The number of fused-ring (bicyclic) bond motifs is 1. The van der Waals surface area contributed by atoms with E-state index in [1.54, 1.807) is 6.26 Å². The maximum atomic E-state index is 5.81. The lowest BCUT2D eigenvalue weighted by Crippen LogP contribution is -1.97. The van der Waals surface area contributed by atoms with Crippen LogP contribution >= 0.6 is 0 Å². The van der Waals surface area contributed by atoms with Crippen LogP contribution in [0.3, 0.4) is 0 Å². The van der Waals surface area contributed by atoms with E-state index in [1.165, 1.54) is 0 Å². The van der Waals surface area contributed by atoms with Gasteiger partial charge < -0.3 is 14.7 Å². The molecule has 0 aliphatic rings. The number of nitrogen functional groups attached to an aromatic ring is 1. The molecule has 0 amide bonds. The predicted molar refractivity (Wildman–Crippen MR) is 67.5 cm³/mol. The molecule has 0 fully saturated rings. The van der Waals surface area contributed by atoms with Crippen LogP contribution < -0.4 is 5.73 Å². The number of anilines is 1. The van der Waals surface area contributed by atoms with Crippen LogP contribution in [0.15, 0.2) is 41.0 Å². The van der Waals surface area contributed by atoms with Gasteiger partial charge in [0.25, 0.3) is 0 Å². The second-order valence-corrected chi connectivity index (χ2v) is 3.91. The third kappa shape index (κ3) is 1.49. The number of aromatic nitrogens is 2. The highest BCUT2D eigenvalue weighted by Crippen LogP contribution is 2.26. The summed E-state index contributed by atoms with van der Waals surface area (Å²) in [5.41, 5.74) is 8.54. The minimum atomic E-state index is 0.748. The lowest BCUT2D eigenvalue weighted by Gasteiger charge is -2.03. The number of furan rings is 1. The Morgan fingerprint density at radius 3 is 2.94 bits per heavy atom. The Hall–Kier alpha value is -2.23. The van der Waals surface area contributed by atoms with E-state index in [4.69, 9.17) is 10.2 Å². The van der Waals surface area contributed by atoms with Crippen molar-refractivity contribution in [2.45, 2.75) is 13.5 Å². The smallest absolute Gasteiger partial charge is 0.177 e. The van der Waals surface area contributed by atoms with Crippen molar-refractivity contribution >= 4 is 16.7 Å². The minimum absolute atomic E-state index is 0.748. The third-order valence-corrected chi connectivity index (χ3v) is 2.83. The Labute approximate surface area is 98.7 Å². The van der Waals surface area contributed by atoms with Gasteiger partial charge in [-0.25, -0.2) is 4.98 Å². The van der Waals surface area contributed by atoms with Crippen molar-refractivity contribution in [1.82, 2.24) is 9.55 Å². The van der Waals surface area contributed by atoms with Crippen molar-refractivity contribution < 1.29 is 4.42 Å². The highest BCUT2D eigenvalue weighted by Gasteiger charge is 2.13. The molecule has 0 bridgehead atoms. The Balaban J connectivity index is 2.32. The molecular weight excluding hydrogens is 214 g/mol. The van der Waals surface area contributed by atoms with E-state index >= 15 is 0 Å². The van der Waals surface area contributed by atoms with Gasteiger partial charge in [0, 0.05) is 12.2 Å². The van der Waals surface area contributed by atoms with Gasteiger partial charge >= 0.3 is 0 Å². The molecule has 0 spiro atoms. The van der Waals surface area contributed by atoms with E-state index in [0.717, 1.165) is 34.9 Å². The SMILES string of the molecule is CCn1c(-c2ccco2)nc2ccc(N)cc21. The van der Waals surface area contributed by atoms with E-state index in [9.17, 15) is 0 Å².